The monoisotopic (exact) mass is 207 g/mol. The van der Waals surface area contributed by atoms with E-state index < -0.39 is 0 Å². The second-order valence-corrected chi connectivity index (χ2v) is 4.88. The summed E-state index contributed by atoms with van der Waals surface area (Å²) >= 11 is 0. The van der Waals surface area contributed by atoms with E-state index in [-0.39, 0.29) is 0 Å². The Morgan fingerprint density at radius 2 is 2.13 bits per heavy atom. The second-order valence-electron chi connectivity index (χ2n) is 4.88. The number of nitrogens with one attached hydrogen (secondary N) is 1. The average molecular weight is 207 g/mol. The molecular formula is C12H21N3. The molecule has 0 spiro atoms. The maximum absolute atomic E-state index is 4.42. The van der Waals surface area contributed by atoms with Crippen molar-refractivity contribution in [2.45, 2.75) is 33.7 Å². The van der Waals surface area contributed by atoms with Gasteiger partial charge in [-0.25, -0.2) is 0 Å². The van der Waals surface area contributed by atoms with E-state index in [4.69, 9.17) is 0 Å². The van der Waals surface area contributed by atoms with E-state index in [1.54, 1.807) is 0 Å². The van der Waals surface area contributed by atoms with Crippen LogP contribution in [0.3, 0.4) is 0 Å². The van der Waals surface area contributed by atoms with Crippen LogP contribution in [0.1, 0.15) is 30.3 Å². The van der Waals surface area contributed by atoms with Crippen LogP contribution in [0.5, 0.6) is 0 Å². The van der Waals surface area contributed by atoms with Gasteiger partial charge in [0.25, 0.3) is 0 Å². The van der Waals surface area contributed by atoms with Crippen molar-refractivity contribution < 1.29 is 0 Å². The molecule has 2 rings (SSSR count). The summed E-state index contributed by atoms with van der Waals surface area (Å²) in [4.78, 5) is 0. The molecule has 0 aliphatic heterocycles. The van der Waals surface area contributed by atoms with E-state index in [1.807, 2.05) is 11.7 Å². The van der Waals surface area contributed by atoms with Gasteiger partial charge >= 0.3 is 0 Å². The van der Waals surface area contributed by atoms with Crippen molar-refractivity contribution in [1.82, 2.24) is 15.1 Å². The summed E-state index contributed by atoms with van der Waals surface area (Å²) in [5, 5.41) is 7.95. The van der Waals surface area contributed by atoms with Crippen molar-refractivity contribution >= 4 is 0 Å². The minimum atomic E-state index is 0.919. The zero-order valence-corrected chi connectivity index (χ0v) is 10.2. The van der Waals surface area contributed by atoms with Crippen LogP contribution in [0.15, 0.2) is 0 Å². The quantitative estimate of drug-likeness (QED) is 0.815. The molecule has 15 heavy (non-hydrogen) atoms. The van der Waals surface area contributed by atoms with Crippen molar-refractivity contribution in [1.29, 1.82) is 0 Å². The highest BCUT2D eigenvalue weighted by molar-refractivity contribution is 5.23. The molecule has 1 aliphatic carbocycles. The average Bonchev–Trinajstić information content (AvgIpc) is 2.81. The third-order valence-corrected chi connectivity index (χ3v) is 3.64. The Morgan fingerprint density at radius 3 is 2.60 bits per heavy atom. The van der Waals surface area contributed by atoms with Gasteiger partial charge in [-0.1, -0.05) is 6.92 Å². The fraction of sp³-hybridized carbons (Fsp3) is 0.750. The Hall–Kier alpha value is -0.830. The number of hydrogen-bond donors (Lipinski definition) is 1. The molecule has 1 N–H and O–H groups in total. The number of aryl methyl sites for hydroxylation is 2. The maximum atomic E-state index is 4.42. The summed E-state index contributed by atoms with van der Waals surface area (Å²) in [6.45, 7) is 8.68. The lowest BCUT2D eigenvalue weighted by Crippen LogP contribution is -2.17. The first-order chi connectivity index (χ1) is 7.09. The molecule has 1 fully saturated rings. The van der Waals surface area contributed by atoms with E-state index in [1.165, 1.54) is 17.7 Å². The lowest BCUT2D eigenvalue weighted by atomic mass is 10.2. The molecule has 1 saturated carbocycles. The SMILES string of the molecule is Cc1nn(C)c(C)c1CNCC1CC1C. The highest BCUT2D eigenvalue weighted by atomic mass is 15.3. The highest BCUT2D eigenvalue weighted by Crippen LogP contribution is 2.36. The van der Waals surface area contributed by atoms with Crippen LogP contribution in [-0.2, 0) is 13.6 Å². The fourth-order valence-electron chi connectivity index (χ4n) is 2.14. The van der Waals surface area contributed by atoms with Crippen LogP contribution in [0.25, 0.3) is 0 Å². The Morgan fingerprint density at radius 1 is 1.47 bits per heavy atom. The minimum absolute atomic E-state index is 0.919. The third kappa shape index (κ3) is 2.23. The van der Waals surface area contributed by atoms with E-state index in [9.17, 15) is 0 Å². The number of aromatic nitrogens is 2. The van der Waals surface area contributed by atoms with Gasteiger partial charge in [-0.3, -0.25) is 4.68 Å². The van der Waals surface area contributed by atoms with Crippen LogP contribution in [-0.4, -0.2) is 16.3 Å². The van der Waals surface area contributed by atoms with Crippen molar-refractivity contribution in [3.05, 3.63) is 17.0 Å². The van der Waals surface area contributed by atoms with Gasteiger partial charge in [0, 0.05) is 24.8 Å². The zero-order valence-electron chi connectivity index (χ0n) is 10.2. The molecular weight excluding hydrogens is 186 g/mol. The first kappa shape index (κ1) is 10.7. The molecule has 2 unspecified atom stereocenters. The number of nitrogens with zero attached hydrogens (tertiary/aromatic N) is 2. The summed E-state index contributed by atoms with van der Waals surface area (Å²) in [5.74, 6) is 1.86. The smallest absolute Gasteiger partial charge is 0.0641 e. The van der Waals surface area contributed by atoms with E-state index >= 15 is 0 Å². The molecule has 1 aliphatic rings. The van der Waals surface area contributed by atoms with E-state index in [2.05, 4.69) is 31.2 Å². The van der Waals surface area contributed by atoms with E-state index in [0.717, 1.165) is 30.6 Å². The minimum Gasteiger partial charge on any atom is -0.312 e. The van der Waals surface area contributed by atoms with Crippen LogP contribution in [0.2, 0.25) is 0 Å². The van der Waals surface area contributed by atoms with Crippen molar-refractivity contribution in [3.63, 3.8) is 0 Å². The van der Waals surface area contributed by atoms with Crippen molar-refractivity contribution in [2.24, 2.45) is 18.9 Å². The van der Waals surface area contributed by atoms with Gasteiger partial charge in [0.2, 0.25) is 0 Å². The van der Waals surface area contributed by atoms with Gasteiger partial charge < -0.3 is 5.32 Å². The highest BCUT2D eigenvalue weighted by Gasteiger charge is 2.31. The van der Waals surface area contributed by atoms with Crippen LogP contribution < -0.4 is 5.32 Å². The standard InChI is InChI=1S/C12H21N3/c1-8-5-11(8)6-13-7-12-9(2)14-15(4)10(12)3/h8,11,13H,5-7H2,1-4H3. The summed E-state index contributed by atoms with van der Waals surface area (Å²) < 4.78 is 1.96. The van der Waals surface area contributed by atoms with Crippen molar-refractivity contribution in [3.8, 4) is 0 Å². The third-order valence-electron chi connectivity index (χ3n) is 3.64. The molecule has 2 atom stereocenters. The summed E-state index contributed by atoms with van der Waals surface area (Å²) in [7, 11) is 2.01. The molecule has 1 heterocycles. The zero-order chi connectivity index (χ0) is 11.0. The second kappa shape index (κ2) is 3.97. The van der Waals surface area contributed by atoms with E-state index in [0.29, 0.717) is 0 Å². The first-order valence-corrected chi connectivity index (χ1v) is 5.79. The number of hydrogen-bond acceptors (Lipinski definition) is 2. The van der Waals surface area contributed by atoms with Gasteiger partial charge in [0.05, 0.1) is 5.69 Å². The number of rotatable bonds is 4. The Kier molecular flexibility index (Phi) is 2.83. The maximum Gasteiger partial charge on any atom is 0.0641 e. The van der Waals surface area contributed by atoms with Gasteiger partial charge in [-0.05, 0) is 38.6 Å². The summed E-state index contributed by atoms with van der Waals surface area (Å²) in [6.07, 6.45) is 1.40. The van der Waals surface area contributed by atoms with Crippen LogP contribution in [0, 0.1) is 25.7 Å². The van der Waals surface area contributed by atoms with Crippen LogP contribution in [0.4, 0.5) is 0 Å². The first-order valence-electron chi connectivity index (χ1n) is 5.79. The molecule has 3 nitrogen and oxygen atoms in total. The topological polar surface area (TPSA) is 29.9 Å². The molecule has 1 aromatic heterocycles. The molecule has 1 aromatic rings. The molecule has 84 valence electrons. The van der Waals surface area contributed by atoms with Gasteiger partial charge in [-0.2, -0.15) is 5.10 Å². The van der Waals surface area contributed by atoms with Gasteiger partial charge in [0.15, 0.2) is 0 Å². The molecule has 0 radical (unpaired) electrons. The predicted octanol–water partition coefficient (Wildman–Crippen LogP) is 1.78. The largest absolute Gasteiger partial charge is 0.312 e. The predicted molar refractivity (Wildman–Crippen MR) is 61.7 cm³/mol. The van der Waals surface area contributed by atoms with Gasteiger partial charge in [0.1, 0.15) is 0 Å². The molecule has 0 amide bonds. The normalized spacial score (nSPS) is 24.5. The Balaban J connectivity index is 1.87. The summed E-state index contributed by atoms with van der Waals surface area (Å²) in [5.41, 5.74) is 3.81. The Bertz CT molecular complexity index is 354. The van der Waals surface area contributed by atoms with Crippen molar-refractivity contribution in [2.75, 3.05) is 6.54 Å². The molecule has 0 saturated heterocycles. The summed E-state index contributed by atoms with van der Waals surface area (Å²) in [6, 6.07) is 0. The lowest BCUT2D eigenvalue weighted by Gasteiger charge is -2.04. The molecule has 0 bridgehead atoms. The van der Waals surface area contributed by atoms with Crippen LogP contribution >= 0.6 is 0 Å². The fourth-order valence-corrected chi connectivity index (χ4v) is 2.14. The molecule has 0 aromatic carbocycles. The van der Waals surface area contributed by atoms with Gasteiger partial charge in [-0.15, -0.1) is 0 Å². The molecule has 3 heteroatoms. The Labute approximate surface area is 91.9 Å². The lowest BCUT2D eigenvalue weighted by molar-refractivity contribution is 0.609.